The second-order valence-electron chi connectivity index (χ2n) is 3.62. The molecule has 0 aromatic heterocycles. The van der Waals surface area contributed by atoms with Gasteiger partial charge in [-0.25, -0.2) is 0 Å². The Morgan fingerprint density at radius 3 is 2.57 bits per heavy atom. The topological polar surface area (TPSA) is 0 Å². The Morgan fingerprint density at radius 2 is 1.64 bits per heavy atom. The molecule has 0 heterocycles. The van der Waals surface area contributed by atoms with Gasteiger partial charge in [0, 0.05) is 0 Å². The molecule has 0 fully saturated rings. The van der Waals surface area contributed by atoms with E-state index in [1.165, 1.54) is 26.7 Å². The Kier molecular flexibility index (Phi) is 1.77. The third-order valence-electron chi connectivity index (χ3n) is 2.81. The number of rotatable bonds is 0. The molecule has 2 aromatic rings. The molecule has 2 aromatic carbocycles. The van der Waals surface area contributed by atoms with Crippen LogP contribution in [0.15, 0.2) is 42.5 Å². The van der Waals surface area contributed by atoms with Crippen LogP contribution in [0.2, 0.25) is 0 Å². The van der Waals surface area contributed by atoms with Crippen LogP contribution < -0.4 is 4.43 Å². The van der Waals surface area contributed by atoms with Crippen LogP contribution in [0.25, 0.3) is 11.1 Å². The normalized spacial score (nSPS) is 12.3. The van der Waals surface area contributed by atoms with Gasteiger partial charge in [-0.3, -0.25) is 0 Å². The van der Waals surface area contributed by atoms with Gasteiger partial charge in [-0.2, -0.15) is 0 Å². The zero-order chi connectivity index (χ0) is 9.54. The van der Waals surface area contributed by atoms with Gasteiger partial charge in [-0.15, -0.1) is 0 Å². The van der Waals surface area contributed by atoms with Gasteiger partial charge in [0.2, 0.25) is 0 Å². The summed E-state index contributed by atoms with van der Waals surface area (Å²) in [4.78, 5) is 0. The van der Waals surface area contributed by atoms with E-state index in [0.717, 1.165) is 6.42 Å². The first kappa shape index (κ1) is 8.29. The van der Waals surface area contributed by atoms with E-state index < -0.39 is 0 Å². The third kappa shape index (κ3) is 1.07. The van der Waals surface area contributed by atoms with Crippen LogP contribution in [-0.2, 0) is 22.7 Å². The van der Waals surface area contributed by atoms with Gasteiger partial charge < -0.3 is 0 Å². The van der Waals surface area contributed by atoms with Crippen molar-refractivity contribution in [1.82, 2.24) is 0 Å². The molecule has 0 saturated heterocycles. The molecule has 0 aliphatic heterocycles. The fourth-order valence-electron chi connectivity index (χ4n) is 2.13. The average Bonchev–Trinajstić information content (AvgIpc) is 2.59. The summed E-state index contributed by atoms with van der Waals surface area (Å²) in [5.41, 5.74) is 5.70. The van der Waals surface area contributed by atoms with Gasteiger partial charge in [-0.1, -0.05) is 0 Å². The van der Waals surface area contributed by atoms with Crippen LogP contribution in [0.3, 0.4) is 0 Å². The fraction of sp³-hybridized carbons (Fsp3) is 0.0769. The van der Waals surface area contributed by atoms with Crippen molar-refractivity contribution in [3.05, 3.63) is 53.6 Å². The van der Waals surface area contributed by atoms with Crippen molar-refractivity contribution in [2.45, 2.75) is 6.42 Å². The van der Waals surface area contributed by atoms with Crippen LogP contribution in [0.5, 0.6) is 0 Å². The number of hydrogen-bond donors (Lipinski definition) is 0. The Balaban J connectivity index is 2.33. The van der Waals surface area contributed by atoms with E-state index in [-0.39, 0.29) is 0 Å². The summed E-state index contributed by atoms with van der Waals surface area (Å²) in [6.07, 6.45) is 1.08. The molecule has 0 bridgehead atoms. The second kappa shape index (κ2) is 2.99. The quantitative estimate of drug-likeness (QED) is 0.542. The monoisotopic (exact) mass is 217 g/mol. The van der Waals surface area contributed by atoms with Crippen molar-refractivity contribution in [3.63, 3.8) is 0 Å². The van der Waals surface area contributed by atoms with E-state index >= 15 is 0 Å². The first-order valence-corrected chi connectivity index (χ1v) is 5.37. The Hall–Kier alpha value is -1.03. The molecule has 0 saturated carbocycles. The van der Waals surface area contributed by atoms with Gasteiger partial charge in [0.1, 0.15) is 0 Å². The molecule has 1 aliphatic rings. The SMILES string of the molecule is [Cr][c]1cccc2c1Cc1ccccc1-2. The molecule has 3 rings (SSSR count). The summed E-state index contributed by atoms with van der Waals surface area (Å²) in [6, 6.07) is 15.1. The first-order chi connectivity index (χ1) is 6.86. The van der Waals surface area contributed by atoms with Gasteiger partial charge in [-0.05, 0) is 0 Å². The predicted octanol–water partition coefficient (Wildman–Crippen LogP) is 2.43. The van der Waals surface area contributed by atoms with Crippen LogP contribution in [-0.4, -0.2) is 0 Å². The van der Waals surface area contributed by atoms with Crippen LogP contribution in [0.1, 0.15) is 11.1 Å². The molecule has 0 N–H and O–H groups in total. The fourth-order valence-corrected chi connectivity index (χ4v) is 2.54. The molecule has 0 spiro atoms. The number of hydrogen-bond acceptors (Lipinski definition) is 0. The molecule has 1 heteroatoms. The van der Waals surface area contributed by atoms with Gasteiger partial charge in [0.05, 0.1) is 0 Å². The van der Waals surface area contributed by atoms with E-state index in [4.69, 9.17) is 0 Å². The van der Waals surface area contributed by atoms with E-state index in [1.807, 2.05) is 0 Å². The average molecular weight is 217 g/mol. The number of fused-ring (bicyclic) bond motifs is 3. The van der Waals surface area contributed by atoms with Crippen molar-refractivity contribution >= 4 is 4.43 Å². The molecule has 0 nitrogen and oxygen atoms in total. The summed E-state index contributed by atoms with van der Waals surface area (Å²) >= 11 is 3.14. The van der Waals surface area contributed by atoms with Gasteiger partial charge >= 0.3 is 91.9 Å². The van der Waals surface area contributed by atoms with Crippen LogP contribution in [0, 0.1) is 0 Å². The second-order valence-corrected chi connectivity index (χ2v) is 4.30. The summed E-state index contributed by atoms with van der Waals surface area (Å²) in [7, 11) is 0. The predicted molar refractivity (Wildman–Crippen MR) is 54.3 cm³/mol. The summed E-state index contributed by atoms with van der Waals surface area (Å²) in [5, 5.41) is 0. The summed E-state index contributed by atoms with van der Waals surface area (Å²) < 4.78 is 1.29. The van der Waals surface area contributed by atoms with E-state index in [9.17, 15) is 0 Å². The Labute approximate surface area is 92.0 Å². The van der Waals surface area contributed by atoms with Crippen molar-refractivity contribution in [2.75, 3.05) is 0 Å². The van der Waals surface area contributed by atoms with Crippen molar-refractivity contribution < 1.29 is 16.3 Å². The van der Waals surface area contributed by atoms with Crippen LogP contribution >= 0.6 is 0 Å². The van der Waals surface area contributed by atoms with Gasteiger partial charge in [0.15, 0.2) is 0 Å². The standard InChI is InChI=1S/C13H9.Cr/c1-3-7-12-10(5-1)9-11-6-2-4-8-13(11)12;/h1-5,7-8H,9H2;. The number of benzene rings is 2. The molecule has 0 atom stereocenters. The molecule has 0 amide bonds. The maximum atomic E-state index is 3.14. The molecule has 0 radical (unpaired) electrons. The summed E-state index contributed by atoms with van der Waals surface area (Å²) in [5.74, 6) is 0. The minimum atomic E-state index is 1.08. The molecular formula is C13H9Cr. The maximum absolute atomic E-state index is 3.14. The van der Waals surface area contributed by atoms with Crippen molar-refractivity contribution in [1.29, 1.82) is 0 Å². The summed E-state index contributed by atoms with van der Waals surface area (Å²) in [6.45, 7) is 0. The Bertz CT molecular complexity index is 500. The third-order valence-corrected chi connectivity index (χ3v) is 3.41. The Morgan fingerprint density at radius 1 is 0.857 bits per heavy atom. The first-order valence-electron chi connectivity index (χ1n) is 4.73. The van der Waals surface area contributed by atoms with E-state index in [0.29, 0.717) is 0 Å². The van der Waals surface area contributed by atoms with Crippen molar-refractivity contribution in [3.8, 4) is 11.1 Å². The van der Waals surface area contributed by atoms with Crippen molar-refractivity contribution in [2.24, 2.45) is 0 Å². The molecular weight excluding hydrogens is 208 g/mol. The zero-order valence-electron chi connectivity index (χ0n) is 7.66. The molecule has 1 aliphatic carbocycles. The molecule has 0 unspecified atom stereocenters. The zero-order valence-corrected chi connectivity index (χ0v) is 8.93. The molecule has 67 valence electrons. The van der Waals surface area contributed by atoms with E-state index in [2.05, 4.69) is 58.8 Å². The van der Waals surface area contributed by atoms with Gasteiger partial charge in [0.25, 0.3) is 0 Å². The van der Waals surface area contributed by atoms with E-state index in [1.54, 1.807) is 0 Å². The van der Waals surface area contributed by atoms with Crippen LogP contribution in [0.4, 0.5) is 0 Å². The molecule has 14 heavy (non-hydrogen) atoms. The minimum absolute atomic E-state index is 1.08.